The fourth-order valence-electron chi connectivity index (χ4n) is 2.73. The zero-order valence-corrected chi connectivity index (χ0v) is 12.5. The normalized spacial score (nSPS) is 12.9. The van der Waals surface area contributed by atoms with Crippen molar-refractivity contribution in [3.8, 4) is 0 Å². The van der Waals surface area contributed by atoms with Gasteiger partial charge in [0.05, 0.1) is 6.54 Å². The Hall–Kier alpha value is -2.06. The number of hydrogen-bond acceptors (Lipinski definition) is 2. The summed E-state index contributed by atoms with van der Waals surface area (Å²) in [5.74, 6) is 1.51. The zero-order valence-electron chi connectivity index (χ0n) is 12.5. The molecule has 0 aliphatic rings. The summed E-state index contributed by atoms with van der Waals surface area (Å²) >= 11 is 0. The first-order valence-corrected chi connectivity index (χ1v) is 7.50. The van der Waals surface area contributed by atoms with Gasteiger partial charge in [-0.1, -0.05) is 62.4 Å². The Bertz CT molecular complexity index is 667. The number of fused-ring (bicyclic) bond motifs is 1. The highest BCUT2D eigenvalue weighted by Crippen LogP contribution is 2.23. The van der Waals surface area contributed by atoms with E-state index in [1.165, 1.54) is 5.56 Å². The highest BCUT2D eigenvalue weighted by atomic mass is 16.3. The van der Waals surface area contributed by atoms with Crippen molar-refractivity contribution in [1.82, 2.24) is 5.32 Å². The Labute approximate surface area is 125 Å². The topological polar surface area (TPSA) is 25.2 Å². The number of para-hydroxylation sites is 1. The average molecular weight is 279 g/mol. The molecule has 108 valence electrons. The van der Waals surface area contributed by atoms with E-state index in [-0.39, 0.29) is 0 Å². The number of nitrogens with one attached hydrogen (secondary N) is 1. The van der Waals surface area contributed by atoms with Gasteiger partial charge in [-0.25, -0.2) is 0 Å². The zero-order chi connectivity index (χ0) is 14.7. The lowest BCUT2D eigenvalue weighted by Gasteiger charge is -2.22. The van der Waals surface area contributed by atoms with Gasteiger partial charge < -0.3 is 9.73 Å². The van der Waals surface area contributed by atoms with Gasteiger partial charge in [0, 0.05) is 11.4 Å². The van der Waals surface area contributed by atoms with Crippen molar-refractivity contribution in [3.05, 3.63) is 72.0 Å². The fourth-order valence-corrected chi connectivity index (χ4v) is 2.73. The maximum absolute atomic E-state index is 5.87. The van der Waals surface area contributed by atoms with E-state index in [0.29, 0.717) is 12.0 Å². The van der Waals surface area contributed by atoms with Gasteiger partial charge in [0.1, 0.15) is 11.3 Å². The van der Waals surface area contributed by atoms with Crippen molar-refractivity contribution in [3.63, 3.8) is 0 Å². The second-order valence-corrected chi connectivity index (χ2v) is 5.76. The van der Waals surface area contributed by atoms with Gasteiger partial charge in [-0.05, 0) is 23.6 Å². The molecule has 0 amide bonds. The molecule has 0 bridgehead atoms. The van der Waals surface area contributed by atoms with Crippen LogP contribution in [0.2, 0.25) is 0 Å². The third kappa shape index (κ3) is 3.17. The summed E-state index contributed by atoms with van der Waals surface area (Å²) in [5, 5.41) is 4.78. The van der Waals surface area contributed by atoms with Gasteiger partial charge in [-0.3, -0.25) is 0 Å². The maximum Gasteiger partial charge on any atom is 0.134 e. The van der Waals surface area contributed by atoms with E-state index in [2.05, 4.69) is 61.6 Å². The molecule has 1 aromatic heterocycles. The molecule has 0 radical (unpaired) electrons. The lowest BCUT2D eigenvalue weighted by atomic mass is 9.96. The van der Waals surface area contributed by atoms with Crippen LogP contribution < -0.4 is 5.32 Å². The van der Waals surface area contributed by atoms with E-state index in [1.54, 1.807) is 0 Å². The molecule has 1 N–H and O–H groups in total. The Morgan fingerprint density at radius 2 is 1.67 bits per heavy atom. The van der Waals surface area contributed by atoms with Crippen LogP contribution in [0.1, 0.15) is 31.2 Å². The lowest BCUT2D eigenvalue weighted by Crippen LogP contribution is -2.25. The van der Waals surface area contributed by atoms with Crippen molar-refractivity contribution in [1.29, 1.82) is 0 Å². The van der Waals surface area contributed by atoms with Crippen LogP contribution in [0, 0.1) is 5.92 Å². The predicted molar refractivity (Wildman–Crippen MR) is 87.1 cm³/mol. The van der Waals surface area contributed by atoms with Gasteiger partial charge in [-0.15, -0.1) is 0 Å². The van der Waals surface area contributed by atoms with Crippen molar-refractivity contribution in [2.75, 3.05) is 0 Å². The summed E-state index contributed by atoms with van der Waals surface area (Å²) in [7, 11) is 0. The van der Waals surface area contributed by atoms with Crippen LogP contribution in [0.4, 0.5) is 0 Å². The molecule has 0 saturated carbocycles. The molecular weight excluding hydrogens is 258 g/mol. The van der Waals surface area contributed by atoms with E-state index in [0.717, 1.165) is 23.3 Å². The molecule has 3 rings (SSSR count). The van der Waals surface area contributed by atoms with Crippen LogP contribution in [0.15, 0.2) is 65.1 Å². The molecule has 1 atom stereocenters. The van der Waals surface area contributed by atoms with E-state index < -0.39 is 0 Å². The smallest absolute Gasteiger partial charge is 0.134 e. The third-order valence-corrected chi connectivity index (χ3v) is 3.80. The summed E-state index contributed by atoms with van der Waals surface area (Å²) < 4.78 is 5.87. The molecule has 0 aliphatic heterocycles. The molecule has 1 unspecified atom stereocenters. The van der Waals surface area contributed by atoms with Crippen LogP contribution in [-0.2, 0) is 6.54 Å². The fraction of sp³-hybridized carbons (Fsp3) is 0.263. The molecule has 2 nitrogen and oxygen atoms in total. The Kier molecular flexibility index (Phi) is 4.07. The first-order chi connectivity index (χ1) is 10.2. The Morgan fingerprint density at radius 1 is 0.952 bits per heavy atom. The minimum atomic E-state index is 0.333. The van der Waals surface area contributed by atoms with Gasteiger partial charge in [0.15, 0.2) is 0 Å². The largest absolute Gasteiger partial charge is 0.460 e. The molecule has 2 heteroatoms. The summed E-state index contributed by atoms with van der Waals surface area (Å²) in [6.07, 6.45) is 0. The van der Waals surface area contributed by atoms with E-state index >= 15 is 0 Å². The monoisotopic (exact) mass is 279 g/mol. The number of benzene rings is 2. The van der Waals surface area contributed by atoms with Gasteiger partial charge in [0.25, 0.3) is 0 Å². The molecule has 0 fully saturated rings. The minimum absolute atomic E-state index is 0.333. The molecule has 3 aromatic rings. The second-order valence-electron chi connectivity index (χ2n) is 5.76. The first kappa shape index (κ1) is 13.9. The molecular formula is C19H21NO. The van der Waals surface area contributed by atoms with Crippen LogP contribution in [0.25, 0.3) is 11.0 Å². The lowest BCUT2D eigenvalue weighted by molar-refractivity contribution is 0.389. The van der Waals surface area contributed by atoms with Crippen LogP contribution in [0.5, 0.6) is 0 Å². The quantitative estimate of drug-likeness (QED) is 0.717. The standard InChI is InChI=1S/C19H21NO/c1-14(2)19(15-8-4-3-5-9-15)20-13-17-12-16-10-6-7-11-18(16)21-17/h3-12,14,19-20H,13H2,1-2H3. The molecule has 1 heterocycles. The predicted octanol–water partition coefficient (Wildman–Crippen LogP) is 4.92. The maximum atomic E-state index is 5.87. The van der Waals surface area contributed by atoms with E-state index in [1.807, 2.05) is 18.2 Å². The number of furan rings is 1. The number of rotatable bonds is 5. The van der Waals surface area contributed by atoms with Crippen molar-refractivity contribution in [2.24, 2.45) is 5.92 Å². The van der Waals surface area contributed by atoms with Gasteiger partial charge in [0.2, 0.25) is 0 Å². The highest BCUT2D eigenvalue weighted by molar-refractivity contribution is 5.77. The molecule has 0 spiro atoms. The van der Waals surface area contributed by atoms with Crippen LogP contribution in [0.3, 0.4) is 0 Å². The molecule has 2 aromatic carbocycles. The number of hydrogen-bond donors (Lipinski definition) is 1. The first-order valence-electron chi connectivity index (χ1n) is 7.50. The highest BCUT2D eigenvalue weighted by Gasteiger charge is 2.15. The van der Waals surface area contributed by atoms with Crippen LogP contribution >= 0.6 is 0 Å². The van der Waals surface area contributed by atoms with Gasteiger partial charge >= 0.3 is 0 Å². The van der Waals surface area contributed by atoms with Crippen molar-refractivity contribution in [2.45, 2.75) is 26.4 Å². The summed E-state index contributed by atoms with van der Waals surface area (Å²) in [5.41, 5.74) is 2.28. The minimum Gasteiger partial charge on any atom is -0.460 e. The van der Waals surface area contributed by atoms with Crippen molar-refractivity contribution >= 4 is 11.0 Å². The third-order valence-electron chi connectivity index (χ3n) is 3.80. The Morgan fingerprint density at radius 3 is 2.38 bits per heavy atom. The molecule has 21 heavy (non-hydrogen) atoms. The van der Waals surface area contributed by atoms with E-state index in [4.69, 9.17) is 4.42 Å². The molecule has 0 aliphatic carbocycles. The molecule has 0 saturated heterocycles. The average Bonchev–Trinajstić information content (AvgIpc) is 2.91. The summed E-state index contributed by atoms with van der Waals surface area (Å²) in [6, 6.07) is 21.2. The Balaban J connectivity index is 1.75. The van der Waals surface area contributed by atoms with Crippen molar-refractivity contribution < 1.29 is 4.42 Å². The summed E-state index contributed by atoms with van der Waals surface area (Å²) in [4.78, 5) is 0. The summed E-state index contributed by atoms with van der Waals surface area (Å²) in [6.45, 7) is 5.22. The van der Waals surface area contributed by atoms with Gasteiger partial charge in [-0.2, -0.15) is 0 Å². The second kappa shape index (κ2) is 6.15. The SMILES string of the molecule is CC(C)C(NCc1cc2ccccc2o1)c1ccccc1. The van der Waals surface area contributed by atoms with E-state index in [9.17, 15) is 0 Å². The van der Waals surface area contributed by atoms with Crippen LogP contribution in [-0.4, -0.2) is 0 Å².